The van der Waals surface area contributed by atoms with Gasteiger partial charge < -0.3 is 19.9 Å². The maximum atomic E-state index is 6.15. The lowest BCUT2D eigenvalue weighted by Gasteiger charge is -2.43. The summed E-state index contributed by atoms with van der Waals surface area (Å²) in [5.74, 6) is 0.751. The van der Waals surface area contributed by atoms with E-state index in [1.54, 1.807) is 0 Å². The summed E-state index contributed by atoms with van der Waals surface area (Å²) < 4.78 is 18.5. The van der Waals surface area contributed by atoms with Crippen LogP contribution in [0.5, 0.6) is 5.75 Å². The van der Waals surface area contributed by atoms with E-state index in [2.05, 4.69) is 15.9 Å². The lowest BCUT2D eigenvalue weighted by Crippen LogP contribution is -2.47. The van der Waals surface area contributed by atoms with Crippen LogP contribution in [0.1, 0.15) is 25.7 Å². The molecule has 2 aliphatic heterocycles. The van der Waals surface area contributed by atoms with Crippen molar-refractivity contribution >= 4 is 21.6 Å². The Hall–Kier alpha value is -0.780. The summed E-state index contributed by atoms with van der Waals surface area (Å²) in [6.07, 6.45) is 3.89. The molecule has 1 unspecified atom stereocenters. The van der Waals surface area contributed by atoms with Gasteiger partial charge in [0.05, 0.1) is 22.4 Å². The zero-order valence-electron chi connectivity index (χ0n) is 11.4. The Kier molecular flexibility index (Phi) is 4.19. The molecule has 20 heavy (non-hydrogen) atoms. The van der Waals surface area contributed by atoms with E-state index in [4.69, 9.17) is 19.9 Å². The van der Waals surface area contributed by atoms with Gasteiger partial charge in [-0.3, -0.25) is 0 Å². The SMILES string of the molecule is Nc1cccc(Br)c1OC1CCOC2(CCOCC2)C1. The summed E-state index contributed by atoms with van der Waals surface area (Å²) in [5.41, 5.74) is 6.62. The lowest BCUT2D eigenvalue weighted by atomic mass is 9.85. The van der Waals surface area contributed by atoms with Gasteiger partial charge in [0.25, 0.3) is 0 Å². The van der Waals surface area contributed by atoms with Crippen molar-refractivity contribution in [3.05, 3.63) is 22.7 Å². The van der Waals surface area contributed by atoms with Crippen LogP contribution in [0, 0.1) is 0 Å². The highest BCUT2D eigenvalue weighted by atomic mass is 79.9. The average Bonchev–Trinajstić information content (AvgIpc) is 2.44. The van der Waals surface area contributed by atoms with E-state index >= 15 is 0 Å². The van der Waals surface area contributed by atoms with Crippen LogP contribution in [-0.4, -0.2) is 31.5 Å². The van der Waals surface area contributed by atoms with E-state index in [0.29, 0.717) is 5.69 Å². The van der Waals surface area contributed by atoms with Crippen LogP contribution in [0.25, 0.3) is 0 Å². The maximum Gasteiger partial charge on any atom is 0.156 e. The Morgan fingerprint density at radius 2 is 2.05 bits per heavy atom. The number of nitrogens with two attached hydrogens (primary N) is 1. The number of hydrogen-bond donors (Lipinski definition) is 1. The van der Waals surface area contributed by atoms with Crippen LogP contribution in [0.2, 0.25) is 0 Å². The predicted molar refractivity (Wildman–Crippen MR) is 80.9 cm³/mol. The van der Waals surface area contributed by atoms with Crippen molar-refractivity contribution in [2.45, 2.75) is 37.4 Å². The first-order valence-corrected chi connectivity index (χ1v) is 7.90. The molecule has 0 aliphatic carbocycles. The Morgan fingerprint density at radius 3 is 2.80 bits per heavy atom. The van der Waals surface area contributed by atoms with Crippen LogP contribution in [0.3, 0.4) is 0 Å². The van der Waals surface area contributed by atoms with Gasteiger partial charge in [-0.15, -0.1) is 0 Å². The van der Waals surface area contributed by atoms with Crippen LogP contribution < -0.4 is 10.5 Å². The standard InChI is InChI=1S/C15H20BrNO3/c16-12-2-1-3-13(17)14(12)20-11-4-7-19-15(10-11)5-8-18-9-6-15/h1-3,11H,4-10,17H2. The third-order valence-electron chi connectivity index (χ3n) is 4.13. The molecular weight excluding hydrogens is 322 g/mol. The van der Waals surface area contributed by atoms with Crippen molar-refractivity contribution in [2.75, 3.05) is 25.6 Å². The minimum absolute atomic E-state index is 0.0583. The predicted octanol–water partition coefficient (Wildman–Crippen LogP) is 3.14. The fraction of sp³-hybridized carbons (Fsp3) is 0.600. The van der Waals surface area contributed by atoms with E-state index < -0.39 is 0 Å². The zero-order chi connectivity index (χ0) is 14.0. The molecule has 0 amide bonds. The summed E-state index contributed by atoms with van der Waals surface area (Å²) >= 11 is 3.51. The third-order valence-corrected chi connectivity index (χ3v) is 4.76. The Bertz CT molecular complexity index is 448. The molecule has 110 valence electrons. The zero-order valence-corrected chi connectivity index (χ0v) is 13.0. The van der Waals surface area contributed by atoms with Gasteiger partial charge >= 0.3 is 0 Å². The van der Waals surface area contributed by atoms with Crippen molar-refractivity contribution < 1.29 is 14.2 Å². The van der Waals surface area contributed by atoms with Crippen LogP contribution in [-0.2, 0) is 9.47 Å². The maximum absolute atomic E-state index is 6.15. The lowest BCUT2D eigenvalue weighted by molar-refractivity contribution is -0.155. The number of rotatable bonds is 2. The highest BCUT2D eigenvalue weighted by molar-refractivity contribution is 9.10. The molecular formula is C15H20BrNO3. The summed E-state index contributed by atoms with van der Waals surface area (Å²) in [6, 6.07) is 5.73. The number of anilines is 1. The number of benzene rings is 1. The normalized spacial score (nSPS) is 25.6. The summed E-state index contributed by atoms with van der Waals surface area (Å²) in [6.45, 7) is 2.31. The van der Waals surface area contributed by atoms with Gasteiger partial charge in [0.15, 0.2) is 5.75 Å². The van der Waals surface area contributed by atoms with E-state index in [-0.39, 0.29) is 11.7 Å². The third kappa shape index (κ3) is 2.95. The summed E-state index contributed by atoms with van der Waals surface area (Å²) in [4.78, 5) is 0. The van der Waals surface area contributed by atoms with Crippen LogP contribution in [0.15, 0.2) is 22.7 Å². The fourth-order valence-corrected chi connectivity index (χ4v) is 3.47. The molecule has 2 fully saturated rings. The molecule has 2 aliphatic rings. The molecule has 1 atom stereocenters. The molecule has 3 rings (SSSR count). The topological polar surface area (TPSA) is 53.7 Å². The van der Waals surface area contributed by atoms with Gasteiger partial charge in [0, 0.05) is 26.1 Å². The molecule has 1 spiro atoms. The number of hydrogen-bond acceptors (Lipinski definition) is 4. The van der Waals surface area contributed by atoms with Gasteiger partial charge in [-0.05, 0) is 40.9 Å². The van der Waals surface area contributed by atoms with Crippen molar-refractivity contribution in [2.24, 2.45) is 0 Å². The van der Waals surface area contributed by atoms with Crippen molar-refractivity contribution in [3.63, 3.8) is 0 Å². The second-order valence-corrected chi connectivity index (χ2v) is 6.39. The van der Waals surface area contributed by atoms with E-state index in [1.807, 2.05) is 18.2 Å². The average molecular weight is 342 g/mol. The molecule has 0 bridgehead atoms. The van der Waals surface area contributed by atoms with Crippen molar-refractivity contribution in [3.8, 4) is 5.75 Å². The smallest absolute Gasteiger partial charge is 0.156 e. The molecule has 0 radical (unpaired) electrons. The molecule has 2 heterocycles. The van der Waals surface area contributed by atoms with Crippen molar-refractivity contribution in [1.29, 1.82) is 0 Å². The Labute approximate surface area is 127 Å². The molecule has 0 aromatic heterocycles. The van der Waals surface area contributed by atoms with Gasteiger partial charge in [0.1, 0.15) is 6.10 Å². The number of para-hydroxylation sites is 1. The summed E-state index contributed by atoms with van der Waals surface area (Å²) in [7, 11) is 0. The quantitative estimate of drug-likeness (QED) is 0.839. The molecule has 2 saturated heterocycles. The first-order chi connectivity index (χ1) is 9.69. The van der Waals surface area contributed by atoms with Gasteiger partial charge in [-0.1, -0.05) is 6.07 Å². The van der Waals surface area contributed by atoms with Crippen LogP contribution in [0.4, 0.5) is 5.69 Å². The van der Waals surface area contributed by atoms with E-state index in [9.17, 15) is 0 Å². The number of nitrogen functional groups attached to an aromatic ring is 1. The van der Waals surface area contributed by atoms with E-state index in [1.165, 1.54) is 0 Å². The molecule has 1 aromatic carbocycles. The first-order valence-electron chi connectivity index (χ1n) is 7.11. The largest absolute Gasteiger partial charge is 0.487 e. The molecule has 5 heteroatoms. The van der Waals surface area contributed by atoms with Gasteiger partial charge in [-0.25, -0.2) is 0 Å². The Balaban J connectivity index is 1.71. The highest BCUT2D eigenvalue weighted by Gasteiger charge is 2.40. The second kappa shape index (κ2) is 5.92. The van der Waals surface area contributed by atoms with Gasteiger partial charge in [0.2, 0.25) is 0 Å². The highest BCUT2D eigenvalue weighted by Crippen LogP contribution is 2.38. The fourth-order valence-electron chi connectivity index (χ4n) is 2.99. The monoisotopic (exact) mass is 341 g/mol. The van der Waals surface area contributed by atoms with Gasteiger partial charge in [-0.2, -0.15) is 0 Å². The molecule has 2 N–H and O–H groups in total. The minimum atomic E-state index is -0.0583. The van der Waals surface area contributed by atoms with E-state index in [0.717, 1.165) is 55.7 Å². The molecule has 0 saturated carbocycles. The minimum Gasteiger partial charge on any atom is -0.487 e. The number of ether oxygens (including phenoxy) is 3. The molecule has 1 aromatic rings. The Morgan fingerprint density at radius 1 is 1.25 bits per heavy atom. The first kappa shape index (κ1) is 14.2. The van der Waals surface area contributed by atoms with Crippen LogP contribution >= 0.6 is 15.9 Å². The molecule has 4 nitrogen and oxygen atoms in total. The van der Waals surface area contributed by atoms with Crippen molar-refractivity contribution in [1.82, 2.24) is 0 Å². The second-order valence-electron chi connectivity index (χ2n) is 5.53. The summed E-state index contributed by atoms with van der Waals surface area (Å²) in [5, 5.41) is 0. The number of halogens is 1.